The Bertz CT molecular complexity index is 711. The van der Waals surface area contributed by atoms with Crippen LogP contribution in [0.3, 0.4) is 0 Å². The van der Waals surface area contributed by atoms with Crippen molar-refractivity contribution in [2.75, 3.05) is 20.2 Å². The Morgan fingerprint density at radius 1 is 1.48 bits per heavy atom. The van der Waals surface area contributed by atoms with Gasteiger partial charge in [-0.1, -0.05) is 54.3 Å². The maximum absolute atomic E-state index is 13.1. The van der Waals surface area contributed by atoms with Crippen molar-refractivity contribution in [3.8, 4) is 0 Å². The highest BCUT2D eigenvalue weighted by Crippen LogP contribution is 2.29. The predicted molar refractivity (Wildman–Crippen MR) is 124 cm³/mol. The number of nitrogens with zero attached hydrogens (tertiary/aromatic N) is 2. The van der Waals surface area contributed by atoms with E-state index in [1.165, 1.54) is 11.1 Å². The summed E-state index contributed by atoms with van der Waals surface area (Å²) in [5.74, 6) is -0.314. The molecule has 4 atom stereocenters. The fourth-order valence-electron chi connectivity index (χ4n) is 3.63. The molecule has 0 aromatic carbocycles. The second-order valence-electron chi connectivity index (χ2n) is 7.84. The zero-order chi connectivity index (χ0) is 21.6. The van der Waals surface area contributed by atoms with Gasteiger partial charge in [0.05, 0.1) is 12.1 Å². The van der Waals surface area contributed by atoms with E-state index in [2.05, 4.69) is 76.4 Å². The van der Waals surface area contributed by atoms with Crippen LogP contribution in [0.1, 0.15) is 47.0 Å². The van der Waals surface area contributed by atoms with E-state index in [-0.39, 0.29) is 18.7 Å². The minimum Gasteiger partial charge on any atom is -0.475 e. The normalized spacial score (nSPS) is 22.1. The maximum atomic E-state index is 13.1. The van der Waals surface area contributed by atoms with Crippen molar-refractivity contribution < 1.29 is 9.13 Å². The number of rotatable bonds is 10. The molecular formula is C23H37FN3OP. The van der Waals surface area contributed by atoms with Gasteiger partial charge in [0.15, 0.2) is 5.88 Å². The summed E-state index contributed by atoms with van der Waals surface area (Å²) in [6, 6.07) is 0.339. The van der Waals surface area contributed by atoms with E-state index in [0.717, 1.165) is 42.8 Å². The Morgan fingerprint density at radius 3 is 2.79 bits per heavy atom. The number of nitrogens with one attached hydrogen (secondary N) is 1. The summed E-state index contributed by atoms with van der Waals surface area (Å²) < 4.78 is 18.8. The number of allylic oxidation sites excluding steroid dienone is 3. The average Bonchev–Trinajstić information content (AvgIpc) is 3.10. The van der Waals surface area contributed by atoms with Gasteiger partial charge in [-0.15, -0.1) is 0 Å². The van der Waals surface area contributed by atoms with Gasteiger partial charge in [0, 0.05) is 25.4 Å². The van der Waals surface area contributed by atoms with E-state index in [4.69, 9.17) is 4.74 Å². The van der Waals surface area contributed by atoms with Gasteiger partial charge < -0.3 is 14.6 Å². The molecule has 2 rings (SSSR count). The summed E-state index contributed by atoms with van der Waals surface area (Å²) in [7, 11) is 4.11. The first-order chi connectivity index (χ1) is 13.8. The molecule has 0 aliphatic carbocycles. The number of likely N-dealkylation sites (N-methyl/N-ethyl adjacent to an activating group) is 1. The standard InChI is InChI=1S/C23H37FN3OP/c1-7-9-10-11-21-20(16(3)8-2)14-27(25-21)18(5)19-12-17(4)23(26(6)13-19)28-15-22(24)29/h10-12,14,18,21-22,25H,3,7-9,13,15,29H2,1-2,4-6H3/b11-10-. The van der Waals surface area contributed by atoms with Crippen molar-refractivity contribution in [1.82, 2.24) is 15.3 Å². The van der Waals surface area contributed by atoms with E-state index in [1.807, 2.05) is 14.0 Å². The molecule has 1 N–H and O–H groups in total. The summed E-state index contributed by atoms with van der Waals surface area (Å²) in [5.41, 5.74) is 8.35. The van der Waals surface area contributed by atoms with Gasteiger partial charge in [-0.2, -0.15) is 0 Å². The molecule has 0 fully saturated rings. The number of hydrogen-bond acceptors (Lipinski definition) is 4. The van der Waals surface area contributed by atoms with Crippen molar-refractivity contribution in [1.29, 1.82) is 0 Å². The fraction of sp³-hybridized carbons (Fsp3) is 0.565. The minimum atomic E-state index is -1.06. The van der Waals surface area contributed by atoms with Gasteiger partial charge in [-0.3, -0.25) is 0 Å². The Hall–Kier alpha value is -1.58. The average molecular weight is 422 g/mol. The van der Waals surface area contributed by atoms with Crippen LogP contribution in [-0.4, -0.2) is 48.1 Å². The van der Waals surface area contributed by atoms with E-state index in [9.17, 15) is 4.39 Å². The third kappa shape index (κ3) is 6.20. The number of hydrazine groups is 1. The summed E-state index contributed by atoms with van der Waals surface area (Å²) in [4.78, 5) is 2.05. The van der Waals surface area contributed by atoms with E-state index >= 15 is 0 Å². The molecule has 0 radical (unpaired) electrons. The highest BCUT2D eigenvalue weighted by atomic mass is 31.0. The van der Waals surface area contributed by atoms with Gasteiger partial charge in [0.25, 0.3) is 0 Å². The zero-order valence-electron chi connectivity index (χ0n) is 18.5. The van der Waals surface area contributed by atoms with Gasteiger partial charge >= 0.3 is 0 Å². The number of alkyl halides is 1. The second-order valence-corrected chi connectivity index (χ2v) is 8.56. The lowest BCUT2D eigenvalue weighted by Gasteiger charge is -2.35. The van der Waals surface area contributed by atoms with Crippen LogP contribution in [0.2, 0.25) is 0 Å². The third-order valence-electron chi connectivity index (χ3n) is 5.36. The quantitative estimate of drug-likeness (QED) is 0.394. The first-order valence-electron chi connectivity index (χ1n) is 10.5. The number of ether oxygens (including phenoxy) is 1. The smallest absolute Gasteiger partial charge is 0.192 e. The van der Waals surface area contributed by atoms with Crippen LogP contribution in [0.5, 0.6) is 0 Å². The van der Waals surface area contributed by atoms with Crippen molar-refractivity contribution >= 4 is 9.24 Å². The van der Waals surface area contributed by atoms with Crippen molar-refractivity contribution in [3.05, 3.63) is 59.2 Å². The van der Waals surface area contributed by atoms with Gasteiger partial charge in [0.1, 0.15) is 12.5 Å². The van der Waals surface area contributed by atoms with Crippen LogP contribution >= 0.6 is 9.24 Å². The van der Waals surface area contributed by atoms with Gasteiger partial charge in [0.2, 0.25) is 0 Å². The molecule has 2 aliphatic heterocycles. The van der Waals surface area contributed by atoms with Crippen LogP contribution < -0.4 is 5.43 Å². The number of unbranched alkanes of at least 4 members (excludes halogenated alkanes) is 1. The molecule has 4 nitrogen and oxygen atoms in total. The molecule has 0 aromatic rings. The Labute approximate surface area is 178 Å². The Morgan fingerprint density at radius 2 is 2.21 bits per heavy atom. The van der Waals surface area contributed by atoms with E-state index in [1.54, 1.807) is 0 Å². The molecule has 29 heavy (non-hydrogen) atoms. The first kappa shape index (κ1) is 23.7. The SMILES string of the molecule is C=C(CC)C1=CN(C(C)C2=CC(C)=C(OCC(F)P)N(C)C2)NC1/C=C\CCC. The molecule has 0 saturated heterocycles. The molecule has 0 bridgehead atoms. The lowest BCUT2D eigenvalue weighted by molar-refractivity contribution is 0.103. The Balaban J connectivity index is 2.18. The number of hydrogen-bond donors (Lipinski definition) is 1. The van der Waals surface area contributed by atoms with Crippen molar-refractivity contribution in [2.45, 2.75) is 65.0 Å². The van der Waals surface area contributed by atoms with E-state index < -0.39 is 5.91 Å². The summed E-state index contributed by atoms with van der Waals surface area (Å²) in [6.45, 7) is 13.6. The molecule has 4 unspecified atom stereocenters. The first-order valence-corrected chi connectivity index (χ1v) is 11.2. The lowest BCUT2D eigenvalue weighted by atomic mass is 9.99. The minimum absolute atomic E-state index is 0.0467. The molecule has 0 amide bonds. The van der Waals surface area contributed by atoms with Gasteiger partial charge in [-0.05, 0) is 43.4 Å². The van der Waals surface area contributed by atoms with Crippen LogP contribution in [0, 0.1) is 0 Å². The largest absolute Gasteiger partial charge is 0.475 e. The highest BCUT2D eigenvalue weighted by molar-refractivity contribution is 7.17. The molecule has 2 aliphatic rings. The van der Waals surface area contributed by atoms with Crippen LogP contribution in [-0.2, 0) is 4.74 Å². The monoisotopic (exact) mass is 421 g/mol. The van der Waals surface area contributed by atoms with Crippen molar-refractivity contribution in [2.24, 2.45) is 0 Å². The molecule has 6 heteroatoms. The molecule has 2 heterocycles. The molecule has 162 valence electrons. The molecule has 0 aromatic heterocycles. The Kier molecular flexibility index (Phi) is 8.98. The molecule has 0 spiro atoms. The molecular weight excluding hydrogens is 384 g/mol. The summed E-state index contributed by atoms with van der Waals surface area (Å²) >= 11 is 0. The third-order valence-corrected chi connectivity index (χ3v) is 5.55. The van der Waals surface area contributed by atoms with Crippen LogP contribution in [0.15, 0.2) is 59.2 Å². The second kappa shape index (κ2) is 11.0. The summed E-state index contributed by atoms with van der Waals surface area (Å²) in [5, 5.41) is 2.19. The highest BCUT2D eigenvalue weighted by Gasteiger charge is 2.29. The molecule has 0 saturated carbocycles. The van der Waals surface area contributed by atoms with E-state index in [0.29, 0.717) is 0 Å². The van der Waals surface area contributed by atoms with Gasteiger partial charge in [-0.25, -0.2) is 9.82 Å². The predicted octanol–water partition coefficient (Wildman–Crippen LogP) is 5.06. The van der Waals surface area contributed by atoms with Crippen LogP contribution in [0.4, 0.5) is 4.39 Å². The van der Waals surface area contributed by atoms with Crippen molar-refractivity contribution in [3.63, 3.8) is 0 Å². The number of halogens is 1. The van der Waals surface area contributed by atoms with Crippen LogP contribution in [0.25, 0.3) is 0 Å². The fourth-order valence-corrected chi connectivity index (χ4v) is 3.72. The zero-order valence-corrected chi connectivity index (χ0v) is 19.7. The lowest BCUT2D eigenvalue weighted by Crippen LogP contribution is -2.44. The topological polar surface area (TPSA) is 27.7 Å². The summed E-state index contributed by atoms with van der Waals surface area (Å²) in [6.07, 6.45) is 12.0. The maximum Gasteiger partial charge on any atom is 0.192 e.